The lowest BCUT2D eigenvalue weighted by molar-refractivity contribution is -0.137. The number of carbonyl (C=O) groups excluding carboxylic acids is 2. The number of hydrogen-bond acceptors (Lipinski definition) is 6. The molecule has 0 aliphatic carbocycles. The second-order valence-electron chi connectivity index (χ2n) is 8.00. The van der Waals surface area contributed by atoms with E-state index in [9.17, 15) is 9.59 Å². The Kier molecular flexibility index (Phi) is 5.91. The predicted molar refractivity (Wildman–Crippen MR) is 127 cm³/mol. The van der Waals surface area contributed by atoms with Crippen molar-refractivity contribution in [2.45, 2.75) is 19.9 Å². The van der Waals surface area contributed by atoms with Gasteiger partial charge in [0.25, 0.3) is 11.8 Å². The van der Waals surface area contributed by atoms with E-state index in [4.69, 9.17) is 14.2 Å². The van der Waals surface area contributed by atoms with Crippen molar-refractivity contribution in [2.75, 3.05) is 18.7 Å². The molecule has 0 radical (unpaired) electrons. The summed E-state index contributed by atoms with van der Waals surface area (Å²) in [7, 11) is 0. The number of carbonyl (C=O) groups is 2. The van der Waals surface area contributed by atoms with E-state index in [1.54, 1.807) is 30.3 Å². The molecule has 1 N–H and O–H groups in total. The number of nitrogens with zero attached hydrogens (tertiary/aromatic N) is 1. The van der Waals surface area contributed by atoms with Crippen LogP contribution in [0.1, 0.15) is 24.5 Å². The molecule has 7 nitrogen and oxygen atoms in total. The number of anilines is 1. The van der Waals surface area contributed by atoms with Crippen LogP contribution in [0.3, 0.4) is 0 Å². The van der Waals surface area contributed by atoms with Gasteiger partial charge in [-0.3, -0.25) is 14.5 Å². The molecule has 3 aromatic rings. The van der Waals surface area contributed by atoms with Crippen LogP contribution >= 0.6 is 0 Å². The first-order chi connectivity index (χ1) is 16.6. The van der Waals surface area contributed by atoms with E-state index in [1.165, 1.54) is 4.90 Å². The molecule has 0 fully saturated rings. The fourth-order valence-electron chi connectivity index (χ4n) is 3.93. The summed E-state index contributed by atoms with van der Waals surface area (Å²) in [6.45, 7) is 2.99. The molecule has 34 heavy (non-hydrogen) atoms. The predicted octanol–water partition coefficient (Wildman–Crippen LogP) is 4.60. The largest absolute Gasteiger partial charge is 0.494 e. The SMILES string of the molecule is CCCOc1ccc(C2=C(Nc3ccc4c(c3)OCO4)C(=O)N(Cc3ccccc3)C2=O)cc1. The molecule has 0 unspecified atom stereocenters. The van der Waals surface area contributed by atoms with Crippen LogP contribution in [0, 0.1) is 0 Å². The molecule has 5 rings (SSSR count). The number of fused-ring (bicyclic) bond motifs is 1. The third kappa shape index (κ3) is 4.20. The third-order valence-electron chi connectivity index (χ3n) is 5.61. The first-order valence-corrected chi connectivity index (χ1v) is 11.2. The standard InChI is InChI=1S/C27H24N2O5/c1-2-14-32-21-11-8-19(9-12-21)24-25(28-20-10-13-22-23(15-20)34-17-33-22)27(31)29(26(24)30)16-18-6-4-3-5-7-18/h3-13,15,28H,2,14,16-17H2,1H3. The zero-order valence-corrected chi connectivity index (χ0v) is 18.7. The second-order valence-corrected chi connectivity index (χ2v) is 8.00. The van der Waals surface area contributed by atoms with Gasteiger partial charge in [-0.2, -0.15) is 0 Å². The first kappa shape index (κ1) is 21.6. The highest BCUT2D eigenvalue weighted by Gasteiger charge is 2.39. The molecular formula is C27H24N2O5. The summed E-state index contributed by atoms with van der Waals surface area (Å²) in [5, 5.41) is 3.16. The Hall–Kier alpha value is -4.26. The fourth-order valence-corrected chi connectivity index (χ4v) is 3.93. The van der Waals surface area contributed by atoms with Gasteiger partial charge in [0.05, 0.1) is 18.7 Å². The summed E-state index contributed by atoms with van der Waals surface area (Å²) in [5.74, 6) is 1.21. The maximum absolute atomic E-state index is 13.5. The topological polar surface area (TPSA) is 77.1 Å². The Labute approximate surface area is 197 Å². The molecular weight excluding hydrogens is 432 g/mol. The summed E-state index contributed by atoms with van der Waals surface area (Å²) in [6, 6.07) is 22.0. The van der Waals surface area contributed by atoms with E-state index in [0.717, 1.165) is 17.7 Å². The van der Waals surface area contributed by atoms with Crippen molar-refractivity contribution in [1.82, 2.24) is 4.90 Å². The Morgan fingerprint density at radius 3 is 2.44 bits per heavy atom. The first-order valence-electron chi connectivity index (χ1n) is 11.2. The normalized spacial score (nSPS) is 14.7. The van der Waals surface area contributed by atoms with Crippen molar-refractivity contribution < 1.29 is 23.8 Å². The smallest absolute Gasteiger partial charge is 0.278 e. The number of ether oxygens (including phenoxy) is 3. The van der Waals surface area contributed by atoms with Crippen molar-refractivity contribution in [1.29, 1.82) is 0 Å². The van der Waals surface area contributed by atoms with Crippen LogP contribution in [-0.2, 0) is 16.1 Å². The molecule has 172 valence electrons. The quantitative estimate of drug-likeness (QED) is 0.500. The van der Waals surface area contributed by atoms with Crippen LogP contribution in [-0.4, -0.2) is 30.1 Å². The minimum atomic E-state index is -0.382. The average Bonchev–Trinajstić information content (AvgIpc) is 3.42. The van der Waals surface area contributed by atoms with Gasteiger partial charge in [-0.05, 0) is 41.8 Å². The van der Waals surface area contributed by atoms with E-state index < -0.39 is 0 Å². The summed E-state index contributed by atoms with van der Waals surface area (Å²) in [5.41, 5.74) is 2.68. The van der Waals surface area contributed by atoms with Crippen LogP contribution in [0.25, 0.3) is 5.57 Å². The maximum Gasteiger partial charge on any atom is 0.278 e. The van der Waals surface area contributed by atoms with Gasteiger partial charge in [0.2, 0.25) is 6.79 Å². The van der Waals surface area contributed by atoms with Gasteiger partial charge < -0.3 is 19.5 Å². The minimum Gasteiger partial charge on any atom is -0.494 e. The molecule has 7 heteroatoms. The highest BCUT2D eigenvalue weighted by Crippen LogP contribution is 2.37. The lowest BCUT2D eigenvalue weighted by atomic mass is 10.0. The Bertz CT molecular complexity index is 1250. The van der Waals surface area contributed by atoms with Crippen molar-refractivity contribution in [3.05, 3.63) is 89.6 Å². The monoisotopic (exact) mass is 456 g/mol. The van der Waals surface area contributed by atoms with Crippen molar-refractivity contribution in [3.8, 4) is 17.2 Å². The van der Waals surface area contributed by atoms with Gasteiger partial charge in [0, 0.05) is 11.8 Å². The molecule has 3 aromatic carbocycles. The second kappa shape index (κ2) is 9.31. The number of nitrogens with one attached hydrogen (secondary N) is 1. The van der Waals surface area contributed by atoms with Crippen molar-refractivity contribution in [2.24, 2.45) is 0 Å². The van der Waals surface area contributed by atoms with E-state index in [1.807, 2.05) is 49.4 Å². The number of benzene rings is 3. The molecule has 2 heterocycles. The minimum absolute atomic E-state index is 0.154. The molecule has 0 saturated carbocycles. The zero-order valence-electron chi connectivity index (χ0n) is 18.7. The van der Waals surface area contributed by atoms with Crippen LogP contribution in [0.4, 0.5) is 5.69 Å². The van der Waals surface area contributed by atoms with Crippen molar-refractivity contribution in [3.63, 3.8) is 0 Å². The Balaban J connectivity index is 1.49. The zero-order chi connectivity index (χ0) is 23.5. The highest BCUT2D eigenvalue weighted by atomic mass is 16.7. The molecule has 2 amide bonds. The average molecular weight is 456 g/mol. The molecule has 0 bridgehead atoms. The van der Waals surface area contributed by atoms with Crippen LogP contribution in [0.2, 0.25) is 0 Å². The molecule has 2 aliphatic rings. The van der Waals surface area contributed by atoms with Gasteiger partial charge in [-0.1, -0.05) is 49.4 Å². The maximum atomic E-state index is 13.5. The van der Waals surface area contributed by atoms with Crippen LogP contribution < -0.4 is 19.5 Å². The number of amides is 2. The summed E-state index contributed by atoms with van der Waals surface area (Å²) < 4.78 is 16.5. The summed E-state index contributed by atoms with van der Waals surface area (Å²) in [4.78, 5) is 28.2. The Morgan fingerprint density at radius 2 is 1.68 bits per heavy atom. The molecule has 0 aromatic heterocycles. The number of hydrogen-bond donors (Lipinski definition) is 1. The van der Waals surface area contributed by atoms with Gasteiger partial charge in [-0.25, -0.2) is 0 Å². The highest BCUT2D eigenvalue weighted by molar-refractivity contribution is 6.36. The molecule has 0 spiro atoms. The van der Waals surface area contributed by atoms with E-state index in [-0.39, 0.29) is 30.8 Å². The summed E-state index contributed by atoms with van der Waals surface area (Å²) in [6.07, 6.45) is 0.901. The number of rotatable bonds is 8. The van der Waals surface area contributed by atoms with Crippen molar-refractivity contribution >= 4 is 23.1 Å². The van der Waals surface area contributed by atoms with Gasteiger partial charge in [-0.15, -0.1) is 0 Å². The Morgan fingerprint density at radius 1 is 0.912 bits per heavy atom. The van der Waals surface area contributed by atoms with Gasteiger partial charge in [0.15, 0.2) is 11.5 Å². The van der Waals surface area contributed by atoms with E-state index in [0.29, 0.717) is 34.9 Å². The van der Waals surface area contributed by atoms with Crippen LogP contribution in [0.5, 0.6) is 17.2 Å². The third-order valence-corrected chi connectivity index (χ3v) is 5.61. The lowest BCUT2D eigenvalue weighted by Gasteiger charge is -2.15. The lowest BCUT2D eigenvalue weighted by Crippen LogP contribution is -2.31. The summed E-state index contributed by atoms with van der Waals surface area (Å²) >= 11 is 0. The van der Waals surface area contributed by atoms with Crippen LogP contribution in [0.15, 0.2) is 78.5 Å². The van der Waals surface area contributed by atoms with E-state index >= 15 is 0 Å². The van der Waals surface area contributed by atoms with Gasteiger partial charge in [0.1, 0.15) is 11.4 Å². The molecule has 0 atom stereocenters. The fraction of sp³-hybridized carbons (Fsp3) is 0.185. The van der Waals surface area contributed by atoms with Gasteiger partial charge >= 0.3 is 0 Å². The van der Waals surface area contributed by atoms with E-state index in [2.05, 4.69) is 5.32 Å². The number of imide groups is 1. The molecule has 0 saturated heterocycles. The molecule has 2 aliphatic heterocycles.